The Labute approximate surface area is 91.8 Å². The van der Waals surface area contributed by atoms with Crippen LogP contribution in [0.15, 0.2) is 0 Å². The highest BCUT2D eigenvalue weighted by Crippen LogP contribution is 2.30. The molecule has 0 aromatic heterocycles. The predicted octanol–water partition coefficient (Wildman–Crippen LogP) is 1.42. The summed E-state index contributed by atoms with van der Waals surface area (Å²) >= 11 is 0. The summed E-state index contributed by atoms with van der Waals surface area (Å²) in [7, 11) is 0. The van der Waals surface area contributed by atoms with Gasteiger partial charge < -0.3 is 11.1 Å². The van der Waals surface area contributed by atoms with E-state index in [1.54, 1.807) is 0 Å². The van der Waals surface area contributed by atoms with Crippen molar-refractivity contribution in [2.45, 2.75) is 57.5 Å². The van der Waals surface area contributed by atoms with Gasteiger partial charge in [0, 0.05) is 12.1 Å². The van der Waals surface area contributed by atoms with Gasteiger partial charge in [-0.1, -0.05) is 13.3 Å². The smallest absolute Gasteiger partial charge is 0.222 e. The van der Waals surface area contributed by atoms with Gasteiger partial charge in [-0.2, -0.15) is 0 Å². The normalized spacial score (nSPS) is 40.9. The van der Waals surface area contributed by atoms with Gasteiger partial charge in [-0.15, -0.1) is 0 Å². The van der Waals surface area contributed by atoms with Gasteiger partial charge in [-0.05, 0) is 38.0 Å². The largest absolute Gasteiger partial charge is 0.369 e. The second-order valence-electron chi connectivity index (χ2n) is 5.33. The third-order valence-electron chi connectivity index (χ3n) is 4.03. The summed E-state index contributed by atoms with van der Waals surface area (Å²) in [4.78, 5) is 11.2. The van der Waals surface area contributed by atoms with E-state index in [2.05, 4.69) is 12.2 Å². The monoisotopic (exact) mass is 210 g/mol. The van der Waals surface area contributed by atoms with Crippen molar-refractivity contribution in [3.63, 3.8) is 0 Å². The van der Waals surface area contributed by atoms with Gasteiger partial charge in [0.2, 0.25) is 5.91 Å². The highest BCUT2D eigenvalue weighted by molar-refractivity contribution is 5.77. The first-order valence-corrected chi connectivity index (χ1v) is 6.22. The molecule has 0 bridgehead atoms. The van der Waals surface area contributed by atoms with E-state index in [9.17, 15) is 4.79 Å². The van der Waals surface area contributed by atoms with Crippen molar-refractivity contribution in [3.05, 3.63) is 0 Å². The maximum absolute atomic E-state index is 11.2. The second kappa shape index (κ2) is 4.52. The quantitative estimate of drug-likeness (QED) is 0.740. The molecule has 86 valence electrons. The van der Waals surface area contributed by atoms with Crippen molar-refractivity contribution in [2.75, 3.05) is 0 Å². The Morgan fingerprint density at radius 1 is 1.27 bits per heavy atom. The number of hydrogen-bond donors (Lipinski definition) is 2. The predicted molar refractivity (Wildman–Crippen MR) is 60.3 cm³/mol. The van der Waals surface area contributed by atoms with Crippen molar-refractivity contribution >= 4 is 5.91 Å². The van der Waals surface area contributed by atoms with Crippen molar-refractivity contribution in [1.29, 1.82) is 0 Å². The molecule has 0 aliphatic heterocycles. The molecule has 0 aromatic rings. The van der Waals surface area contributed by atoms with E-state index >= 15 is 0 Å². The molecule has 2 rings (SSSR count). The molecule has 4 atom stereocenters. The summed E-state index contributed by atoms with van der Waals surface area (Å²) < 4.78 is 0. The lowest BCUT2D eigenvalue weighted by atomic mass is 10.0. The summed E-state index contributed by atoms with van der Waals surface area (Å²) in [6.45, 7) is 2.31. The van der Waals surface area contributed by atoms with E-state index in [4.69, 9.17) is 5.73 Å². The molecule has 3 nitrogen and oxygen atoms in total. The van der Waals surface area contributed by atoms with Crippen LogP contribution in [-0.4, -0.2) is 18.0 Å². The third kappa shape index (κ3) is 2.51. The molecule has 15 heavy (non-hydrogen) atoms. The number of carbonyl (C=O) groups excluding carboxylic acids is 1. The maximum Gasteiger partial charge on any atom is 0.222 e. The van der Waals surface area contributed by atoms with Crippen molar-refractivity contribution in [2.24, 2.45) is 17.6 Å². The van der Waals surface area contributed by atoms with Gasteiger partial charge in [0.25, 0.3) is 0 Å². The number of nitrogens with one attached hydrogen (secondary N) is 1. The highest BCUT2D eigenvalue weighted by atomic mass is 16.1. The summed E-state index contributed by atoms with van der Waals surface area (Å²) in [5.74, 6) is 0.813. The summed E-state index contributed by atoms with van der Waals surface area (Å²) in [6.07, 6.45) is 7.11. The first kappa shape index (κ1) is 10.9. The van der Waals surface area contributed by atoms with Gasteiger partial charge in [-0.3, -0.25) is 4.79 Å². The zero-order valence-corrected chi connectivity index (χ0v) is 9.54. The van der Waals surface area contributed by atoms with Gasteiger partial charge >= 0.3 is 0 Å². The topological polar surface area (TPSA) is 55.1 Å². The SMILES string of the molecule is CC1CCC(NC2CCCC2C(N)=O)C1. The fourth-order valence-corrected chi connectivity index (χ4v) is 3.16. The molecule has 0 spiro atoms. The van der Waals surface area contributed by atoms with E-state index in [0.717, 1.165) is 25.2 Å². The maximum atomic E-state index is 11.2. The van der Waals surface area contributed by atoms with Crippen LogP contribution in [0.3, 0.4) is 0 Å². The van der Waals surface area contributed by atoms with Crippen LogP contribution in [0.5, 0.6) is 0 Å². The Hall–Kier alpha value is -0.570. The van der Waals surface area contributed by atoms with Gasteiger partial charge in [0.05, 0.1) is 5.92 Å². The summed E-state index contributed by atoms with van der Waals surface area (Å²) in [5, 5.41) is 3.64. The van der Waals surface area contributed by atoms with Crippen LogP contribution in [0.4, 0.5) is 0 Å². The van der Waals surface area contributed by atoms with Crippen molar-refractivity contribution in [1.82, 2.24) is 5.32 Å². The number of carbonyl (C=O) groups is 1. The minimum Gasteiger partial charge on any atom is -0.369 e. The minimum absolute atomic E-state index is 0.0842. The van der Waals surface area contributed by atoms with E-state index in [-0.39, 0.29) is 11.8 Å². The third-order valence-corrected chi connectivity index (χ3v) is 4.03. The van der Waals surface area contributed by atoms with E-state index < -0.39 is 0 Å². The lowest BCUT2D eigenvalue weighted by Crippen LogP contribution is -2.43. The lowest BCUT2D eigenvalue weighted by Gasteiger charge is -2.22. The first-order chi connectivity index (χ1) is 7.16. The Morgan fingerprint density at radius 3 is 2.67 bits per heavy atom. The van der Waals surface area contributed by atoms with E-state index in [1.165, 1.54) is 19.3 Å². The standard InChI is InChI=1S/C12H22N2O/c1-8-5-6-9(7-8)14-11-4-2-3-10(11)12(13)15/h8-11,14H,2-7H2,1H3,(H2,13,15). The molecular weight excluding hydrogens is 188 g/mol. The van der Waals surface area contributed by atoms with Gasteiger partial charge in [0.1, 0.15) is 0 Å². The van der Waals surface area contributed by atoms with Crippen LogP contribution in [-0.2, 0) is 4.79 Å². The van der Waals surface area contributed by atoms with Crippen LogP contribution >= 0.6 is 0 Å². The summed E-state index contributed by atoms with van der Waals surface area (Å²) in [5.41, 5.74) is 5.41. The van der Waals surface area contributed by atoms with Crippen LogP contribution in [0.1, 0.15) is 45.4 Å². The molecule has 2 fully saturated rings. The zero-order chi connectivity index (χ0) is 10.8. The Kier molecular flexibility index (Phi) is 3.29. The average molecular weight is 210 g/mol. The van der Waals surface area contributed by atoms with E-state index in [0.29, 0.717) is 12.1 Å². The number of nitrogens with two attached hydrogens (primary N) is 1. The fraction of sp³-hybridized carbons (Fsp3) is 0.917. The molecule has 2 aliphatic rings. The molecule has 0 aromatic carbocycles. The van der Waals surface area contributed by atoms with Crippen LogP contribution in [0.2, 0.25) is 0 Å². The molecule has 3 N–H and O–H groups in total. The van der Waals surface area contributed by atoms with Crippen LogP contribution in [0.25, 0.3) is 0 Å². The average Bonchev–Trinajstić information content (AvgIpc) is 2.75. The molecule has 2 saturated carbocycles. The molecule has 4 unspecified atom stereocenters. The number of rotatable bonds is 3. The van der Waals surface area contributed by atoms with Gasteiger partial charge in [-0.25, -0.2) is 0 Å². The van der Waals surface area contributed by atoms with Crippen molar-refractivity contribution in [3.8, 4) is 0 Å². The Morgan fingerprint density at radius 2 is 2.07 bits per heavy atom. The molecule has 0 heterocycles. The van der Waals surface area contributed by atoms with Crippen LogP contribution < -0.4 is 11.1 Å². The molecule has 2 aliphatic carbocycles. The van der Waals surface area contributed by atoms with Crippen molar-refractivity contribution < 1.29 is 4.79 Å². The molecule has 3 heteroatoms. The Bertz CT molecular complexity index is 242. The lowest BCUT2D eigenvalue weighted by molar-refractivity contribution is -0.122. The molecule has 1 amide bonds. The number of primary amides is 1. The fourth-order valence-electron chi connectivity index (χ4n) is 3.16. The number of amides is 1. The molecular formula is C12H22N2O. The highest BCUT2D eigenvalue weighted by Gasteiger charge is 2.34. The number of hydrogen-bond acceptors (Lipinski definition) is 2. The van der Waals surface area contributed by atoms with E-state index in [1.807, 2.05) is 0 Å². The summed E-state index contributed by atoms with van der Waals surface area (Å²) in [6, 6.07) is 0.989. The Balaban J connectivity index is 1.85. The van der Waals surface area contributed by atoms with Crippen LogP contribution in [0, 0.1) is 11.8 Å². The van der Waals surface area contributed by atoms with Gasteiger partial charge in [0.15, 0.2) is 0 Å². The molecule has 0 saturated heterocycles. The second-order valence-corrected chi connectivity index (χ2v) is 5.33. The first-order valence-electron chi connectivity index (χ1n) is 6.22. The minimum atomic E-state index is -0.115. The molecule has 0 radical (unpaired) electrons. The zero-order valence-electron chi connectivity index (χ0n) is 9.54.